The molecule has 1 aromatic heterocycles. The van der Waals surface area contributed by atoms with Crippen LogP contribution in [0.5, 0.6) is 0 Å². The number of aliphatic hydroxyl groups excluding tert-OH is 1. The van der Waals surface area contributed by atoms with Gasteiger partial charge in [0, 0.05) is 23.9 Å². The minimum atomic E-state index is -0.579. The molecule has 0 spiro atoms. The summed E-state index contributed by atoms with van der Waals surface area (Å²) in [5.41, 5.74) is 3.23. The molecule has 0 fully saturated rings. The Morgan fingerprint density at radius 1 is 1.24 bits per heavy atom. The second-order valence-corrected chi connectivity index (χ2v) is 6.77. The van der Waals surface area contributed by atoms with Crippen LogP contribution in [0.25, 0.3) is 0 Å². The number of hydrogen-bond donors (Lipinski definition) is 1. The van der Waals surface area contributed by atoms with Gasteiger partial charge in [0.15, 0.2) is 0 Å². The third-order valence-corrected chi connectivity index (χ3v) is 4.81. The summed E-state index contributed by atoms with van der Waals surface area (Å²) in [5, 5.41) is 12.4. The predicted molar refractivity (Wildman–Crippen MR) is 83.9 cm³/mol. The van der Waals surface area contributed by atoms with E-state index in [9.17, 15) is 9.90 Å². The van der Waals surface area contributed by atoms with Crippen LogP contribution >= 0.6 is 11.3 Å². The van der Waals surface area contributed by atoms with Crippen molar-refractivity contribution in [3.05, 3.63) is 57.3 Å². The van der Waals surface area contributed by atoms with Gasteiger partial charge in [-0.1, -0.05) is 38.1 Å². The lowest BCUT2D eigenvalue weighted by molar-refractivity contribution is -0.135. The average Bonchev–Trinajstić information content (AvgIpc) is 3.13. The maximum absolute atomic E-state index is 12.1. The molecule has 0 bridgehead atoms. The Morgan fingerprint density at radius 2 is 2.00 bits per heavy atom. The number of benzene rings is 1. The molecule has 1 aliphatic rings. The van der Waals surface area contributed by atoms with Crippen molar-refractivity contribution in [1.82, 2.24) is 4.90 Å². The van der Waals surface area contributed by atoms with Crippen molar-refractivity contribution < 1.29 is 9.90 Å². The smallest absolute Gasteiger partial charge is 0.225 e. The Kier molecular flexibility index (Phi) is 3.83. The van der Waals surface area contributed by atoms with Crippen molar-refractivity contribution in [2.75, 3.05) is 0 Å². The van der Waals surface area contributed by atoms with E-state index >= 15 is 0 Å². The fourth-order valence-electron chi connectivity index (χ4n) is 2.72. The number of hydrogen-bond acceptors (Lipinski definition) is 3. The summed E-state index contributed by atoms with van der Waals surface area (Å²) in [6.45, 7) is 5.19. The largest absolute Gasteiger partial charge is 0.383 e. The molecule has 110 valence electrons. The van der Waals surface area contributed by atoms with Crippen LogP contribution in [0.3, 0.4) is 0 Å². The van der Waals surface area contributed by atoms with Gasteiger partial charge in [0.25, 0.3) is 0 Å². The summed E-state index contributed by atoms with van der Waals surface area (Å²) < 4.78 is 0. The van der Waals surface area contributed by atoms with Crippen LogP contribution in [-0.4, -0.2) is 15.9 Å². The Hall–Kier alpha value is -1.65. The van der Waals surface area contributed by atoms with E-state index in [4.69, 9.17) is 0 Å². The van der Waals surface area contributed by atoms with Gasteiger partial charge < -0.3 is 10.0 Å². The van der Waals surface area contributed by atoms with Gasteiger partial charge in [-0.3, -0.25) is 4.79 Å². The summed E-state index contributed by atoms with van der Waals surface area (Å²) in [5.74, 6) is 0.210. The third-order valence-electron chi connectivity index (χ3n) is 3.89. The maximum atomic E-state index is 12.1. The molecular weight excluding hydrogens is 282 g/mol. The van der Waals surface area contributed by atoms with Gasteiger partial charge in [-0.15, -0.1) is 11.3 Å². The molecule has 3 rings (SSSR count). The zero-order valence-corrected chi connectivity index (χ0v) is 13.1. The minimum absolute atomic E-state index is 0.0236. The highest BCUT2D eigenvalue weighted by Crippen LogP contribution is 2.31. The van der Waals surface area contributed by atoms with Crippen molar-refractivity contribution in [2.24, 2.45) is 5.92 Å². The number of rotatable bonds is 3. The van der Waals surface area contributed by atoms with Crippen molar-refractivity contribution in [2.45, 2.75) is 33.0 Å². The molecule has 1 N–H and O–H groups in total. The summed E-state index contributed by atoms with van der Waals surface area (Å²) in [4.78, 5) is 14.9. The normalized spacial score (nSPS) is 15.3. The molecule has 0 aliphatic carbocycles. The first kappa shape index (κ1) is 14.3. The first-order valence-corrected chi connectivity index (χ1v) is 8.06. The van der Waals surface area contributed by atoms with E-state index in [1.54, 1.807) is 11.3 Å². The van der Waals surface area contributed by atoms with Crippen LogP contribution < -0.4 is 0 Å². The molecule has 0 saturated heterocycles. The lowest BCUT2D eigenvalue weighted by atomic mass is 10.0. The summed E-state index contributed by atoms with van der Waals surface area (Å²) in [7, 11) is 0. The number of amides is 1. The highest BCUT2D eigenvalue weighted by atomic mass is 32.1. The molecule has 3 nitrogen and oxygen atoms in total. The standard InChI is InChI=1S/C17H19NO2S/c1-11(2)17(20)18-9-13-6-5-12(8-14(13)10-18)16(19)15-4-3-7-21-15/h3-8,11,16,19H,9-10H2,1-2H3. The number of nitrogens with zero attached hydrogens (tertiary/aromatic N) is 1. The van der Waals surface area contributed by atoms with Crippen LogP contribution in [-0.2, 0) is 17.9 Å². The van der Waals surface area contributed by atoms with E-state index in [1.807, 2.05) is 54.5 Å². The predicted octanol–water partition coefficient (Wildman–Crippen LogP) is 3.33. The van der Waals surface area contributed by atoms with Crippen LogP contribution in [0.4, 0.5) is 0 Å². The lowest BCUT2D eigenvalue weighted by Crippen LogP contribution is -2.29. The van der Waals surface area contributed by atoms with Crippen molar-refractivity contribution in [3.8, 4) is 0 Å². The van der Waals surface area contributed by atoms with Crippen LogP contribution in [0.2, 0.25) is 0 Å². The average molecular weight is 301 g/mol. The van der Waals surface area contributed by atoms with Gasteiger partial charge in [-0.2, -0.15) is 0 Å². The second kappa shape index (κ2) is 5.62. The number of fused-ring (bicyclic) bond motifs is 1. The summed E-state index contributed by atoms with van der Waals surface area (Å²) in [6, 6.07) is 9.92. The zero-order valence-electron chi connectivity index (χ0n) is 12.2. The molecule has 2 aromatic rings. The quantitative estimate of drug-likeness (QED) is 0.944. The van der Waals surface area contributed by atoms with E-state index in [0.29, 0.717) is 13.1 Å². The van der Waals surface area contributed by atoms with E-state index in [1.165, 1.54) is 5.56 Å². The van der Waals surface area contributed by atoms with Crippen molar-refractivity contribution in [1.29, 1.82) is 0 Å². The van der Waals surface area contributed by atoms with Crippen molar-refractivity contribution in [3.63, 3.8) is 0 Å². The number of aliphatic hydroxyl groups is 1. The van der Waals surface area contributed by atoms with Gasteiger partial charge >= 0.3 is 0 Å². The van der Waals surface area contributed by atoms with Crippen LogP contribution in [0, 0.1) is 5.92 Å². The number of thiophene rings is 1. The third kappa shape index (κ3) is 2.74. The Balaban J connectivity index is 1.82. The van der Waals surface area contributed by atoms with E-state index < -0.39 is 6.10 Å². The van der Waals surface area contributed by atoms with Gasteiger partial charge in [0.1, 0.15) is 6.10 Å². The maximum Gasteiger partial charge on any atom is 0.225 e. The minimum Gasteiger partial charge on any atom is -0.383 e. The molecule has 4 heteroatoms. The van der Waals surface area contributed by atoms with E-state index in [0.717, 1.165) is 16.0 Å². The molecule has 1 aliphatic heterocycles. The highest BCUT2D eigenvalue weighted by molar-refractivity contribution is 7.10. The van der Waals surface area contributed by atoms with E-state index in [2.05, 4.69) is 0 Å². The van der Waals surface area contributed by atoms with Crippen LogP contribution in [0.1, 0.15) is 41.5 Å². The second-order valence-electron chi connectivity index (χ2n) is 5.80. The molecule has 1 unspecified atom stereocenters. The molecule has 0 saturated carbocycles. The zero-order chi connectivity index (χ0) is 15.0. The molecule has 1 atom stereocenters. The van der Waals surface area contributed by atoms with Gasteiger partial charge in [-0.05, 0) is 28.1 Å². The lowest BCUT2D eigenvalue weighted by Gasteiger charge is -2.17. The van der Waals surface area contributed by atoms with Gasteiger partial charge in [0.2, 0.25) is 5.91 Å². The fourth-order valence-corrected chi connectivity index (χ4v) is 3.45. The highest BCUT2D eigenvalue weighted by Gasteiger charge is 2.25. The molecule has 2 heterocycles. The molecular formula is C17H19NO2S. The first-order valence-electron chi connectivity index (χ1n) is 7.18. The summed E-state index contributed by atoms with van der Waals surface area (Å²) in [6.07, 6.45) is -0.579. The first-order chi connectivity index (χ1) is 10.1. The van der Waals surface area contributed by atoms with E-state index in [-0.39, 0.29) is 11.8 Å². The Labute approximate surface area is 128 Å². The monoisotopic (exact) mass is 301 g/mol. The number of carbonyl (C=O) groups is 1. The summed E-state index contributed by atoms with van der Waals surface area (Å²) >= 11 is 1.55. The molecule has 1 amide bonds. The number of carbonyl (C=O) groups excluding carboxylic acids is 1. The van der Waals surface area contributed by atoms with Gasteiger partial charge in [0.05, 0.1) is 0 Å². The SMILES string of the molecule is CC(C)C(=O)N1Cc2ccc(C(O)c3cccs3)cc2C1. The fraction of sp³-hybridized carbons (Fsp3) is 0.353. The molecule has 21 heavy (non-hydrogen) atoms. The van der Waals surface area contributed by atoms with Crippen molar-refractivity contribution >= 4 is 17.2 Å². The molecule has 1 aromatic carbocycles. The van der Waals surface area contributed by atoms with Gasteiger partial charge in [-0.25, -0.2) is 0 Å². The Morgan fingerprint density at radius 3 is 2.67 bits per heavy atom. The van der Waals surface area contributed by atoms with Crippen LogP contribution in [0.15, 0.2) is 35.7 Å². The molecule has 0 radical (unpaired) electrons. The Bertz CT molecular complexity index is 649. The topological polar surface area (TPSA) is 40.5 Å².